The molecule has 5 nitrogen and oxygen atoms in total. The Hall–Kier alpha value is -2.21. The Labute approximate surface area is 87.1 Å². The number of halogens is 3. The number of hydrogen-bond donors (Lipinski definition) is 0. The molecule has 0 N–H and O–H groups in total. The Morgan fingerprint density at radius 3 is 2.31 bits per heavy atom. The molecular formula is C8H4F3N3O2. The molecule has 0 radical (unpaired) electrons. The zero-order valence-electron chi connectivity index (χ0n) is 7.60. The summed E-state index contributed by atoms with van der Waals surface area (Å²) in [5.41, 5.74) is 7.95. The maximum atomic E-state index is 11.8. The van der Waals surface area contributed by atoms with Gasteiger partial charge in [-0.1, -0.05) is 0 Å². The van der Waals surface area contributed by atoms with E-state index in [1.54, 1.807) is 0 Å². The van der Waals surface area contributed by atoms with E-state index in [0.717, 1.165) is 24.3 Å². The van der Waals surface area contributed by atoms with Gasteiger partial charge >= 0.3 is 6.36 Å². The van der Waals surface area contributed by atoms with Gasteiger partial charge in [-0.3, -0.25) is 4.79 Å². The third-order valence-electron chi connectivity index (χ3n) is 1.47. The molecule has 16 heavy (non-hydrogen) atoms. The predicted molar refractivity (Wildman–Crippen MR) is 46.6 cm³/mol. The number of alkyl halides is 3. The van der Waals surface area contributed by atoms with Crippen molar-refractivity contribution in [2.45, 2.75) is 6.36 Å². The standard InChI is InChI=1S/C8H4F3N3O2/c9-8(10,11)16-6-3-1-5(2-4-6)7(15)13-14-12/h1-4H. The van der Waals surface area contributed by atoms with Gasteiger partial charge in [-0.2, -0.15) is 0 Å². The summed E-state index contributed by atoms with van der Waals surface area (Å²) in [6, 6.07) is 4.04. The lowest BCUT2D eigenvalue weighted by Gasteiger charge is -2.08. The first-order chi connectivity index (χ1) is 7.42. The molecule has 0 bridgehead atoms. The number of hydrogen-bond acceptors (Lipinski definition) is 2. The molecular weight excluding hydrogens is 227 g/mol. The lowest BCUT2D eigenvalue weighted by atomic mass is 10.2. The lowest BCUT2D eigenvalue weighted by molar-refractivity contribution is -0.274. The van der Waals surface area contributed by atoms with Gasteiger partial charge in [0, 0.05) is 10.5 Å². The molecule has 84 valence electrons. The highest BCUT2D eigenvalue weighted by molar-refractivity contribution is 5.94. The fraction of sp³-hybridized carbons (Fsp3) is 0.125. The van der Waals surface area contributed by atoms with Crippen LogP contribution in [0, 0.1) is 0 Å². The first kappa shape index (κ1) is 11.9. The molecule has 0 aliphatic heterocycles. The maximum Gasteiger partial charge on any atom is 0.573 e. The van der Waals surface area contributed by atoms with Crippen LogP contribution in [0.25, 0.3) is 10.4 Å². The minimum absolute atomic E-state index is 0.0210. The monoisotopic (exact) mass is 231 g/mol. The molecule has 0 heterocycles. The highest BCUT2D eigenvalue weighted by Gasteiger charge is 2.30. The fourth-order valence-corrected chi connectivity index (χ4v) is 0.898. The molecule has 8 heteroatoms. The van der Waals surface area contributed by atoms with Crippen LogP contribution in [0.1, 0.15) is 10.4 Å². The number of azide groups is 1. The van der Waals surface area contributed by atoms with Gasteiger partial charge in [0.2, 0.25) is 5.91 Å². The summed E-state index contributed by atoms with van der Waals surface area (Å²) in [5.74, 6) is -1.33. The zero-order valence-corrected chi connectivity index (χ0v) is 7.60. The molecule has 0 unspecified atom stereocenters. The van der Waals surface area contributed by atoms with Crippen molar-refractivity contribution < 1.29 is 22.7 Å². The minimum Gasteiger partial charge on any atom is -0.406 e. The highest BCUT2D eigenvalue weighted by Crippen LogP contribution is 2.22. The summed E-state index contributed by atoms with van der Waals surface area (Å²) in [5, 5.41) is 2.78. The first-order valence-corrected chi connectivity index (χ1v) is 3.87. The first-order valence-electron chi connectivity index (χ1n) is 3.87. The SMILES string of the molecule is [N-]=[N+]=NC(=O)c1ccc(OC(F)(F)F)cc1. The molecule has 1 amide bonds. The van der Waals surface area contributed by atoms with Crippen molar-refractivity contribution in [3.05, 3.63) is 40.3 Å². The molecule has 0 atom stereocenters. The van der Waals surface area contributed by atoms with Crippen molar-refractivity contribution in [2.24, 2.45) is 5.11 Å². The molecule has 0 aliphatic rings. The van der Waals surface area contributed by atoms with Crippen LogP contribution in [0.2, 0.25) is 0 Å². The molecule has 0 aliphatic carbocycles. The Kier molecular flexibility index (Phi) is 3.37. The maximum absolute atomic E-state index is 11.8. The average molecular weight is 231 g/mol. The number of carbonyl (C=O) groups excluding carboxylic acids is 1. The minimum atomic E-state index is -4.78. The van der Waals surface area contributed by atoms with Crippen LogP contribution in [0.5, 0.6) is 5.75 Å². The third-order valence-corrected chi connectivity index (χ3v) is 1.47. The van der Waals surface area contributed by atoms with Gasteiger partial charge in [-0.05, 0) is 34.9 Å². The Balaban J connectivity index is 2.83. The van der Waals surface area contributed by atoms with E-state index in [-0.39, 0.29) is 5.56 Å². The van der Waals surface area contributed by atoms with Crippen molar-refractivity contribution in [2.75, 3.05) is 0 Å². The van der Waals surface area contributed by atoms with Crippen LogP contribution in [-0.2, 0) is 0 Å². The number of benzene rings is 1. The van der Waals surface area contributed by atoms with Crippen LogP contribution < -0.4 is 4.74 Å². The van der Waals surface area contributed by atoms with Crippen LogP contribution in [0.3, 0.4) is 0 Å². The number of carbonyl (C=O) groups is 1. The molecule has 0 aromatic heterocycles. The van der Waals surface area contributed by atoms with Gasteiger partial charge in [0.1, 0.15) is 5.75 Å². The molecule has 0 saturated carbocycles. The van der Waals surface area contributed by atoms with Crippen LogP contribution >= 0.6 is 0 Å². The van der Waals surface area contributed by atoms with Crippen LogP contribution in [-0.4, -0.2) is 12.3 Å². The van der Waals surface area contributed by atoms with Crippen molar-refractivity contribution in [3.8, 4) is 5.75 Å². The van der Waals surface area contributed by atoms with E-state index in [1.807, 2.05) is 0 Å². The van der Waals surface area contributed by atoms with Gasteiger partial charge < -0.3 is 4.74 Å². The predicted octanol–water partition coefficient (Wildman–Crippen LogP) is 3.04. The van der Waals surface area contributed by atoms with Crippen molar-refractivity contribution >= 4 is 5.91 Å². The Morgan fingerprint density at radius 1 is 1.31 bits per heavy atom. The van der Waals surface area contributed by atoms with E-state index in [9.17, 15) is 18.0 Å². The second-order valence-electron chi connectivity index (χ2n) is 2.57. The molecule has 0 fully saturated rings. The normalized spacial score (nSPS) is 10.4. The summed E-state index contributed by atoms with van der Waals surface area (Å²) >= 11 is 0. The molecule has 0 spiro atoms. The summed E-state index contributed by atoms with van der Waals surface area (Å²) in [6.07, 6.45) is -4.78. The van der Waals surface area contributed by atoms with E-state index in [4.69, 9.17) is 5.53 Å². The Bertz CT molecular complexity index is 435. The number of amides is 1. The van der Waals surface area contributed by atoms with Gasteiger partial charge in [-0.15, -0.1) is 13.2 Å². The van der Waals surface area contributed by atoms with Gasteiger partial charge in [0.15, 0.2) is 0 Å². The molecule has 1 aromatic carbocycles. The van der Waals surface area contributed by atoms with Crippen LogP contribution in [0.15, 0.2) is 29.4 Å². The average Bonchev–Trinajstić information content (AvgIpc) is 2.16. The largest absolute Gasteiger partial charge is 0.573 e. The van der Waals surface area contributed by atoms with E-state index in [2.05, 4.69) is 14.8 Å². The number of nitrogens with zero attached hydrogens (tertiary/aromatic N) is 3. The van der Waals surface area contributed by atoms with Crippen molar-refractivity contribution in [1.82, 2.24) is 0 Å². The molecule has 1 rings (SSSR count). The van der Waals surface area contributed by atoms with Crippen molar-refractivity contribution in [1.29, 1.82) is 0 Å². The van der Waals surface area contributed by atoms with Crippen LogP contribution in [0.4, 0.5) is 13.2 Å². The third kappa shape index (κ3) is 3.50. The van der Waals surface area contributed by atoms with Gasteiger partial charge in [0.25, 0.3) is 0 Å². The van der Waals surface area contributed by atoms with E-state index >= 15 is 0 Å². The summed E-state index contributed by atoms with van der Waals surface area (Å²) < 4.78 is 38.9. The quantitative estimate of drug-likeness (QED) is 0.445. The molecule has 0 saturated heterocycles. The van der Waals surface area contributed by atoms with E-state index in [0.29, 0.717) is 0 Å². The van der Waals surface area contributed by atoms with Gasteiger partial charge in [-0.25, -0.2) is 0 Å². The smallest absolute Gasteiger partial charge is 0.406 e. The topological polar surface area (TPSA) is 75.1 Å². The number of rotatable bonds is 2. The Morgan fingerprint density at radius 2 is 1.88 bits per heavy atom. The summed E-state index contributed by atoms with van der Waals surface area (Å²) in [6.45, 7) is 0. The second kappa shape index (κ2) is 4.54. The van der Waals surface area contributed by atoms with E-state index in [1.165, 1.54) is 0 Å². The molecule has 1 aromatic rings. The number of ether oxygens (including phenoxy) is 1. The van der Waals surface area contributed by atoms with Crippen molar-refractivity contribution in [3.63, 3.8) is 0 Å². The summed E-state index contributed by atoms with van der Waals surface area (Å²) in [7, 11) is 0. The zero-order chi connectivity index (χ0) is 12.2. The lowest BCUT2D eigenvalue weighted by Crippen LogP contribution is -2.17. The highest BCUT2D eigenvalue weighted by atomic mass is 19.4. The van der Waals surface area contributed by atoms with E-state index < -0.39 is 18.0 Å². The summed E-state index contributed by atoms with van der Waals surface area (Å²) in [4.78, 5) is 13.2. The van der Waals surface area contributed by atoms with Gasteiger partial charge in [0.05, 0.1) is 0 Å². The second-order valence-corrected chi connectivity index (χ2v) is 2.57. The fourth-order valence-electron chi connectivity index (χ4n) is 0.898.